The average Bonchev–Trinajstić information content (AvgIpc) is 2.63. The molecule has 2 aromatic rings. The smallest absolute Gasteiger partial charge is 0.221 e. The van der Waals surface area contributed by atoms with Crippen molar-refractivity contribution in [3.05, 3.63) is 36.5 Å². The number of pyridine rings is 1. The van der Waals surface area contributed by atoms with Crippen molar-refractivity contribution in [1.29, 1.82) is 0 Å². The molecular formula is C20H25N3O4. The van der Waals surface area contributed by atoms with Gasteiger partial charge in [0, 0.05) is 38.4 Å². The van der Waals surface area contributed by atoms with Gasteiger partial charge in [0.2, 0.25) is 11.8 Å². The minimum absolute atomic E-state index is 0.195. The van der Waals surface area contributed by atoms with Gasteiger partial charge in [0.1, 0.15) is 11.4 Å². The molecule has 1 amide bonds. The summed E-state index contributed by atoms with van der Waals surface area (Å²) in [5, 5.41) is 2.71. The third-order valence-corrected chi connectivity index (χ3v) is 4.20. The lowest BCUT2D eigenvalue weighted by atomic mass is 10.1. The highest BCUT2D eigenvalue weighted by molar-refractivity contribution is 5.90. The second kappa shape index (κ2) is 8.73. The quantitative estimate of drug-likeness (QED) is 0.766. The predicted octanol–water partition coefficient (Wildman–Crippen LogP) is 3.46. The van der Waals surface area contributed by atoms with Crippen LogP contribution < -0.4 is 19.7 Å². The van der Waals surface area contributed by atoms with E-state index in [0.29, 0.717) is 29.2 Å². The number of methoxy groups -OCH3 is 1. The van der Waals surface area contributed by atoms with Crippen LogP contribution in [0.15, 0.2) is 36.5 Å². The molecule has 0 saturated carbocycles. The summed E-state index contributed by atoms with van der Waals surface area (Å²) in [5.41, 5.74) is 1.62. The highest BCUT2D eigenvalue weighted by atomic mass is 16.5. The summed E-state index contributed by atoms with van der Waals surface area (Å²) in [6.45, 7) is 6.19. The summed E-state index contributed by atoms with van der Waals surface area (Å²) in [6.07, 6.45) is 2.88. The monoisotopic (exact) mass is 371 g/mol. The molecule has 0 aliphatic carbocycles. The molecule has 2 heterocycles. The van der Waals surface area contributed by atoms with Crippen LogP contribution in [-0.4, -0.2) is 43.8 Å². The number of aromatic nitrogens is 1. The van der Waals surface area contributed by atoms with Gasteiger partial charge in [0.25, 0.3) is 0 Å². The topological polar surface area (TPSA) is 72.9 Å². The number of amides is 1. The maximum Gasteiger partial charge on any atom is 0.221 e. The van der Waals surface area contributed by atoms with Crippen LogP contribution in [0.4, 0.5) is 11.4 Å². The van der Waals surface area contributed by atoms with Crippen molar-refractivity contribution in [3.63, 3.8) is 0 Å². The Bertz CT molecular complexity index is 773. The summed E-state index contributed by atoms with van der Waals surface area (Å²) in [4.78, 5) is 17.7. The van der Waals surface area contributed by atoms with Crippen LogP contribution in [0.5, 0.6) is 17.4 Å². The van der Waals surface area contributed by atoms with Crippen LogP contribution >= 0.6 is 0 Å². The first-order chi connectivity index (χ1) is 13.1. The van der Waals surface area contributed by atoms with E-state index in [1.807, 2.05) is 24.3 Å². The first-order valence-corrected chi connectivity index (χ1v) is 9.05. The number of anilines is 2. The van der Waals surface area contributed by atoms with Gasteiger partial charge in [-0.25, -0.2) is 4.98 Å². The van der Waals surface area contributed by atoms with E-state index in [-0.39, 0.29) is 5.91 Å². The number of carbonyl (C=O) groups excluding carboxylic acids is 1. The maximum atomic E-state index is 11.4. The van der Waals surface area contributed by atoms with E-state index in [0.717, 1.165) is 31.8 Å². The van der Waals surface area contributed by atoms with Crippen LogP contribution in [0.3, 0.4) is 0 Å². The molecule has 7 nitrogen and oxygen atoms in total. The van der Waals surface area contributed by atoms with Crippen molar-refractivity contribution < 1.29 is 19.0 Å². The van der Waals surface area contributed by atoms with Crippen molar-refractivity contribution in [3.8, 4) is 17.4 Å². The van der Waals surface area contributed by atoms with Crippen molar-refractivity contribution >= 4 is 17.3 Å². The van der Waals surface area contributed by atoms with Gasteiger partial charge in [-0.15, -0.1) is 0 Å². The molecule has 1 aromatic carbocycles. The summed E-state index contributed by atoms with van der Waals surface area (Å²) < 4.78 is 16.8. The molecule has 0 bridgehead atoms. The summed E-state index contributed by atoms with van der Waals surface area (Å²) in [6, 6.07) is 9.48. The van der Waals surface area contributed by atoms with E-state index < -0.39 is 0 Å². The molecule has 27 heavy (non-hydrogen) atoms. The van der Waals surface area contributed by atoms with Crippen LogP contribution in [0.1, 0.15) is 20.3 Å². The average molecular weight is 371 g/mol. The minimum atomic E-state index is -0.195. The molecule has 1 aliphatic heterocycles. The number of ether oxygens (including phenoxy) is 3. The van der Waals surface area contributed by atoms with Gasteiger partial charge >= 0.3 is 0 Å². The van der Waals surface area contributed by atoms with Crippen molar-refractivity contribution in [2.75, 3.05) is 37.0 Å². The van der Waals surface area contributed by atoms with Crippen molar-refractivity contribution in [2.24, 2.45) is 0 Å². The molecule has 1 aliphatic rings. The molecule has 7 heteroatoms. The zero-order valence-electron chi connectivity index (χ0n) is 15.9. The largest absolute Gasteiger partial charge is 0.481 e. The third-order valence-electron chi connectivity index (χ3n) is 4.20. The zero-order valence-corrected chi connectivity index (χ0v) is 15.9. The van der Waals surface area contributed by atoms with Crippen LogP contribution in [0.25, 0.3) is 0 Å². The highest BCUT2D eigenvalue weighted by Crippen LogP contribution is 2.33. The maximum absolute atomic E-state index is 11.4. The molecule has 144 valence electrons. The Morgan fingerprint density at radius 3 is 2.67 bits per heavy atom. The Kier molecular flexibility index (Phi) is 6.13. The second-order valence-electron chi connectivity index (χ2n) is 6.40. The van der Waals surface area contributed by atoms with Crippen molar-refractivity contribution in [1.82, 2.24) is 4.98 Å². The van der Waals surface area contributed by atoms with E-state index in [9.17, 15) is 4.79 Å². The molecule has 0 unspecified atom stereocenters. The van der Waals surface area contributed by atoms with Gasteiger partial charge in [-0.05, 0) is 30.7 Å². The van der Waals surface area contributed by atoms with E-state index in [1.165, 1.54) is 20.2 Å². The van der Waals surface area contributed by atoms with Crippen molar-refractivity contribution in [2.45, 2.75) is 26.4 Å². The summed E-state index contributed by atoms with van der Waals surface area (Å²) in [7, 11) is 1.53. The van der Waals surface area contributed by atoms with Crippen LogP contribution in [0.2, 0.25) is 0 Å². The third kappa shape index (κ3) is 4.89. The van der Waals surface area contributed by atoms with Gasteiger partial charge < -0.3 is 24.4 Å². The van der Waals surface area contributed by atoms with Gasteiger partial charge in [-0.3, -0.25) is 4.79 Å². The standard InChI is InChI=1S/C20H25N3O4/c1-4-9-26-17-12-23(13-17)15-5-7-16(8-6-15)27-19-10-20(25-3)21-11-18(19)22-14(2)24/h5-8,10-11,17H,4,9,12-13H2,1-3H3,(H,22,24). The van der Waals surface area contributed by atoms with E-state index in [4.69, 9.17) is 14.2 Å². The lowest BCUT2D eigenvalue weighted by molar-refractivity contribution is -0.114. The SMILES string of the molecule is CCCOC1CN(c2ccc(Oc3cc(OC)ncc3NC(C)=O)cc2)C1. The van der Waals surface area contributed by atoms with E-state index in [2.05, 4.69) is 22.1 Å². The lowest BCUT2D eigenvalue weighted by Crippen LogP contribution is -2.52. The van der Waals surface area contributed by atoms with E-state index >= 15 is 0 Å². The summed E-state index contributed by atoms with van der Waals surface area (Å²) in [5.74, 6) is 1.36. The second-order valence-corrected chi connectivity index (χ2v) is 6.40. The highest BCUT2D eigenvalue weighted by Gasteiger charge is 2.27. The van der Waals surface area contributed by atoms with Gasteiger partial charge in [0.05, 0.1) is 19.4 Å². The molecule has 1 N–H and O–H groups in total. The molecule has 3 rings (SSSR count). The Labute approximate surface area is 159 Å². The fraction of sp³-hybridized carbons (Fsp3) is 0.400. The normalized spacial score (nSPS) is 13.8. The number of hydrogen-bond donors (Lipinski definition) is 1. The predicted molar refractivity (Wildman–Crippen MR) is 104 cm³/mol. The van der Waals surface area contributed by atoms with Crippen LogP contribution in [0, 0.1) is 0 Å². The fourth-order valence-corrected chi connectivity index (χ4v) is 2.79. The van der Waals surface area contributed by atoms with Crippen LogP contribution in [-0.2, 0) is 9.53 Å². The Hall–Kier alpha value is -2.80. The van der Waals surface area contributed by atoms with E-state index in [1.54, 1.807) is 6.07 Å². The Morgan fingerprint density at radius 1 is 1.30 bits per heavy atom. The number of benzene rings is 1. The lowest BCUT2D eigenvalue weighted by Gasteiger charge is -2.40. The number of nitrogens with one attached hydrogen (secondary N) is 1. The zero-order chi connectivity index (χ0) is 19.2. The molecule has 0 spiro atoms. The first-order valence-electron chi connectivity index (χ1n) is 9.05. The van der Waals surface area contributed by atoms with Gasteiger partial charge in [0.15, 0.2) is 5.75 Å². The molecule has 1 aromatic heterocycles. The fourth-order valence-electron chi connectivity index (χ4n) is 2.79. The van der Waals surface area contributed by atoms with Gasteiger partial charge in [-0.2, -0.15) is 0 Å². The molecular weight excluding hydrogens is 346 g/mol. The minimum Gasteiger partial charge on any atom is -0.481 e. The molecule has 0 atom stereocenters. The van der Waals surface area contributed by atoms with Gasteiger partial charge in [-0.1, -0.05) is 6.92 Å². The number of rotatable bonds is 8. The number of hydrogen-bond acceptors (Lipinski definition) is 6. The Morgan fingerprint density at radius 2 is 2.04 bits per heavy atom. The first kappa shape index (κ1) is 19.0. The number of nitrogens with zero attached hydrogens (tertiary/aromatic N) is 2. The summed E-state index contributed by atoms with van der Waals surface area (Å²) >= 11 is 0. The molecule has 0 radical (unpaired) electrons. The molecule has 1 fully saturated rings. The molecule has 1 saturated heterocycles. The Balaban J connectivity index is 1.65. The number of carbonyl (C=O) groups is 1.